The first-order valence-corrected chi connectivity index (χ1v) is 6.67. The van der Waals surface area contributed by atoms with Gasteiger partial charge in [0.1, 0.15) is 5.60 Å². The summed E-state index contributed by atoms with van der Waals surface area (Å²) < 4.78 is 10.1. The van der Waals surface area contributed by atoms with Crippen molar-refractivity contribution in [2.24, 2.45) is 0 Å². The number of ether oxygens (including phenoxy) is 2. The number of benzene rings is 1. The Morgan fingerprint density at radius 2 is 1.81 bits per heavy atom. The van der Waals surface area contributed by atoms with Crippen molar-refractivity contribution < 1.29 is 19.1 Å². The van der Waals surface area contributed by atoms with Crippen molar-refractivity contribution in [1.82, 2.24) is 4.98 Å². The monoisotopic (exact) mass is 289 g/mol. The van der Waals surface area contributed by atoms with Gasteiger partial charge in [-0.25, -0.2) is 9.59 Å². The van der Waals surface area contributed by atoms with Gasteiger partial charge in [0.25, 0.3) is 0 Å². The van der Waals surface area contributed by atoms with E-state index < -0.39 is 17.5 Å². The van der Waals surface area contributed by atoms with Gasteiger partial charge in [-0.15, -0.1) is 0 Å². The number of esters is 2. The van der Waals surface area contributed by atoms with Crippen LogP contribution in [0.25, 0.3) is 10.9 Å². The standard InChI is InChI=1S/C16H19NO4/c1-9-13(15(19)21-16(2,3)4)11-8-10(14(18)20-5)6-7-12(11)17-9/h6-8,17H,1-5H3. The molecule has 1 N–H and O–H groups in total. The van der Waals surface area contributed by atoms with E-state index in [1.165, 1.54) is 7.11 Å². The number of carbonyl (C=O) groups excluding carboxylic acids is 2. The number of aryl methyl sites for hydroxylation is 1. The van der Waals surface area contributed by atoms with Crippen LogP contribution in [0.3, 0.4) is 0 Å². The molecule has 0 atom stereocenters. The summed E-state index contributed by atoms with van der Waals surface area (Å²) in [7, 11) is 1.32. The van der Waals surface area contributed by atoms with Gasteiger partial charge in [-0.3, -0.25) is 0 Å². The minimum atomic E-state index is -0.576. The van der Waals surface area contributed by atoms with Crippen molar-refractivity contribution in [3.63, 3.8) is 0 Å². The molecule has 5 heteroatoms. The van der Waals surface area contributed by atoms with Gasteiger partial charge in [0.2, 0.25) is 0 Å². The Hall–Kier alpha value is -2.30. The lowest BCUT2D eigenvalue weighted by Crippen LogP contribution is -2.24. The zero-order valence-electron chi connectivity index (χ0n) is 12.9. The molecule has 0 bridgehead atoms. The lowest BCUT2D eigenvalue weighted by atomic mass is 10.1. The van der Waals surface area contributed by atoms with Crippen LogP contribution in [-0.2, 0) is 9.47 Å². The average molecular weight is 289 g/mol. The van der Waals surface area contributed by atoms with Crippen LogP contribution in [0.5, 0.6) is 0 Å². The van der Waals surface area contributed by atoms with Crippen LogP contribution in [0.1, 0.15) is 47.2 Å². The van der Waals surface area contributed by atoms with Crippen LogP contribution < -0.4 is 0 Å². The summed E-state index contributed by atoms with van der Waals surface area (Å²) in [5.74, 6) is -0.848. The Bertz CT molecular complexity index is 707. The van der Waals surface area contributed by atoms with Crippen LogP contribution in [-0.4, -0.2) is 29.6 Å². The molecule has 112 valence electrons. The number of rotatable bonds is 2. The van der Waals surface area contributed by atoms with Gasteiger partial charge in [-0.05, 0) is 45.9 Å². The van der Waals surface area contributed by atoms with E-state index in [9.17, 15) is 9.59 Å². The molecule has 0 saturated carbocycles. The fourth-order valence-corrected chi connectivity index (χ4v) is 2.16. The second-order valence-electron chi connectivity index (χ2n) is 5.88. The topological polar surface area (TPSA) is 68.4 Å². The number of aromatic amines is 1. The lowest BCUT2D eigenvalue weighted by molar-refractivity contribution is 0.00708. The molecule has 5 nitrogen and oxygen atoms in total. The van der Waals surface area contributed by atoms with Crippen LogP contribution in [0.4, 0.5) is 0 Å². The second-order valence-corrected chi connectivity index (χ2v) is 5.88. The summed E-state index contributed by atoms with van der Waals surface area (Å²) in [6.45, 7) is 7.25. The number of carbonyl (C=O) groups is 2. The number of hydrogen-bond donors (Lipinski definition) is 1. The third kappa shape index (κ3) is 3.07. The highest BCUT2D eigenvalue weighted by Gasteiger charge is 2.23. The summed E-state index contributed by atoms with van der Waals surface area (Å²) in [5, 5.41) is 0.657. The first-order chi connectivity index (χ1) is 9.73. The van der Waals surface area contributed by atoms with Gasteiger partial charge in [0, 0.05) is 16.6 Å². The first kappa shape index (κ1) is 15.1. The first-order valence-electron chi connectivity index (χ1n) is 6.67. The average Bonchev–Trinajstić information content (AvgIpc) is 2.70. The molecule has 0 aliphatic rings. The van der Waals surface area contributed by atoms with Gasteiger partial charge in [0.15, 0.2) is 0 Å². The van der Waals surface area contributed by atoms with Gasteiger partial charge in [0.05, 0.1) is 18.2 Å². The van der Waals surface area contributed by atoms with Crippen molar-refractivity contribution in [2.45, 2.75) is 33.3 Å². The number of H-pyrrole nitrogens is 1. The lowest BCUT2D eigenvalue weighted by Gasteiger charge is -2.19. The SMILES string of the molecule is COC(=O)c1ccc2[nH]c(C)c(C(=O)OC(C)(C)C)c2c1. The van der Waals surface area contributed by atoms with Crippen molar-refractivity contribution in [3.05, 3.63) is 35.0 Å². The van der Waals surface area contributed by atoms with Crippen LogP contribution in [0, 0.1) is 6.92 Å². The molecule has 0 radical (unpaired) electrons. The van der Waals surface area contributed by atoms with Gasteiger partial charge >= 0.3 is 11.9 Å². The van der Waals surface area contributed by atoms with Crippen molar-refractivity contribution in [1.29, 1.82) is 0 Å². The van der Waals surface area contributed by atoms with Crippen LogP contribution in [0.15, 0.2) is 18.2 Å². The third-order valence-corrected chi connectivity index (χ3v) is 3.01. The molecule has 1 heterocycles. The van der Waals surface area contributed by atoms with E-state index in [2.05, 4.69) is 4.98 Å². The number of aromatic nitrogens is 1. The number of nitrogens with one attached hydrogen (secondary N) is 1. The molecule has 21 heavy (non-hydrogen) atoms. The van der Waals surface area contributed by atoms with Crippen molar-refractivity contribution in [3.8, 4) is 0 Å². The van der Waals surface area contributed by atoms with Crippen LogP contribution >= 0.6 is 0 Å². The van der Waals surface area contributed by atoms with E-state index in [1.807, 2.05) is 20.8 Å². The van der Waals surface area contributed by atoms with E-state index >= 15 is 0 Å². The highest BCUT2D eigenvalue weighted by molar-refractivity contribution is 6.07. The zero-order valence-corrected chi connectivity index (χ0v) is 12.9. The molecule has 0 fully saturated rings. The van der Waals surface area contributed by atoms with Gasteiger partial charge < -0.3 is 14.5 Å². The molecule has 0 aliphatic carbocycles. The summed E-state index contributed by atoms with van der Waals surface area (Å²) in [6.07, 6.45) is 0. The normalized spacial score (nSPS) is 11.5. The zero-order chi connectivity index (χ0) is 15.8. The maximum absolute atomic E-state index is 12.3. The number of hydrogen-bond acceptors (Lipinski definition) is 4. The fourth-order valence-electron chi connectivity index (χ4n) is 2.16. The van der Waals surface area contributed by atoms with Crippen molar-refractivity contribution >= 4 is 22.8 Å². The molecular weight excluding hydrogens is 270 g/mol. The van der Waals surface area contributed by atoms with E-state index in [1.54, 1.807) is 25.1 Å². The smallest absolute Gasteiger partial charge is 0.341 e. The maximum atomic E-state index is 12.3. The predicted molar refractivity (Wildman–Crippen MR) is 79.5 cm³/mol. The quantitative estimate of drug-likeness (QED) is 0.862. The maximum Gasteiger partial charge on any atom is 0.341 e. The minimum absolute atomic E-state index is 0.397. The molecule has 0 saturated heterocycles. The number of methoxy groups -OCH3 is 1. The Balaban J connectivity index is 2.54. The summed E-state index contributed by atoms with van der Waals surface area (Å²) in [5.41, 5.74) is 1.76. The molecule has 1 aromatic carbocycles. The Labute approximate surface area is 123 Å². The summed E-state index contributed by atoms with van der Waals surface area (Å²) in [4.78, 5) is 27.1. The highest BCUT2D eigenvalue weighted by atomic mass is 16.6. The summed E-state index contributed by atoms with van der Waals surface area (Å²) >= 11 is 0. The number of fused-ring (bicyclic) bond motifs is 1. The fraction of sp³-hybridized carbons (Fsp3) is 0.375. The second kappa shape index (κ2) is 5.24. The van der Waals surface area contributed by atoms with Crippen LogP contribution in [0.2, 0.25) is 0 Å². The largest absolute Gasteiger partial charge is 0.465 e. The third-order valence-electron chi connectivity index (χ3n) is 3.01. The van der Waals surface area contributed by atoms with Gasteiger partial charge in [-0.2, -0.15) is 0 Å². The molecule has 2 rings (SSSR count). The predicted octanol–water partition coefficient (Wildman–Crippen LogP) is 3.22. The molecule has 0 spiro atoms. The van der Waals surface area contributed by atoms with E-state index in [0.717, 1.165) is 5.52 Å². The van der Waals surface area contributed by atoms with E-state index in [-0.39, 0.29) is 0 Å². The Morgan fingerprint density at radius 1 is 1.14 bits per heavy atom. The molecule has 0 amide bonds. The highest BCUT2D eigenvalue weighted by Crippen LogP contribution is 2.26. The molecule has 0 unspecified atom stereocenters. The Kier molecular flexibility index (Phi) is 3.77. The summed E-state index contributed by atoms with van der Waals surface area (Å²) in [6, 6.07) is 5.05. The van der Waals surface area contributed by atoms with E-state index in [4.69, 9.17) is 9.47 Å². The molecule has 2 aromatic rings. The molecule has 0 aliphatic heterocycles. The Morgan fingerprint density at radius 3 is 2.38 bits per heavy atom. The van der Waals surface area contributed by atoms with Crippen molar-refractivity contribution in [2.75, 3.05) is 7.11 Å². The minimum Gasteiger partial charge on any atom is -0.465 e. The van der Waals surface area contributed by atoms with E-state index in [0.29, 0.717) is 22.2 Å². The molecule has 1 aromatic heterocycles. The van der Waals surface area contributed by atoms with Gasteiger partial charge in [-0.1, -0.05) is 0 Å². The molecular formula is C16H19NO4.